The maximum atomic E-state index is 11.6. The zero-order valence-electron chi connectivity index (χ0n) is 11.6. The quantitative estimate of drug-likeness (QED) is 0.838. The first-order chi connectivity index (χ1) is 8.31. The highest BCUT2D eigenvalue weighted by Crippen LogP contribution is 2.16. The number of thiophene rings is 1. The van der Waals surface area contributed by atoms with Crippen molar-refractivity contribution in [1.29, 1.82) is 0 Å². The number of rotatable bonds is 7. The first kappa shape index (κ1) is 15.7. The molecule has 0 aliphatic heterocycles. The molecule has 3 nitrogen and oxygen atoms in total. The third kappa shape index (κ3) is 5.08. The predicted molar refractivity (Wildman–Crippen MR) is 79.1 cm³/mol. The van der Waals surface area contributed by atoms with Crippen LogP contribution < -0.4 is 5.32 Å². The Morgan fingerprint density at radius 1 is 1.28 bits per heavy atom. The topological polar surface area (TPSA) is 46.2 Å². The van der Waals surface area contributed by atoms with Crippen LogP contribution in [0.3, 0.4) is 0 Å². The zero-order chi connectivity index (χ0) is 13.8. The van der Waals surface area contributed by atoms with Crippen LogP contribution in [0, 0.1) is 6.92 Å². The lowest BCUT2D eigenvalue weighted by Crippen LogP contribution is -2.34. The van der Waals surface area contributed by atoms with E-state index in [9.17, 15) is 8.42 Å². The molecule has 0 aromatic carbocycles. The minimum Gasteiger partial charge on any atom is -0.313 e. The molecular formula is C13H23NO2S2. The summed E-state index contributed by atoms with van der Waals surface area (Å²) in [5.41, 5.74) is 0. The number of hydrogen-bond donors (Lipinski definition) is 1. The van der Waals surface area contributed by atoms with Crippen LogP contribution >= 0.6 is 11.3 Å². The summed E-state index contributed by atoms with van der Waals surface area (Å²) in [5, 5.41) is 3.00. The van der Waals surface area contributed by atoms with E-state index in [1.54, 1.807) is 25.2 Å². The molecule has 1 aromatic heterocycles. The lowest BCUT2D eigenvalue weighted by atomic mass is 10.2. The molecule has 1 aromatic rings. The first-order valence-corrected chi connectivity index (χ1v) is 8.84. The molecule has 0 aliphatic rings. The molecule has 5 heteroatoms. The summed E-state index contributed by atoms with van der Waals surface area (Å²) < 4.78 is 23.3. The smallest absolute Gasteiger partial charge is 0.153 e. The molecule has 1 heterocycles. The van der Waals surface area contributed by atoms with E-state index in [2.05, 4.69) is 31.3 Å². The standard InChI is InChI=1S/C13H23NO2S2/c1-10(2)18(15,16)8-7-14-11(3)9-13-6-5-12(4)17-13/h5-6,10-11,14H,7-9H2,1-4H3. The van der Waals surface area contributed by atoms with E-state index >= 15 is 0 Å². The molecule has 1 N–H and O–H groups in total. The summed E-state index contributed by atoms with van der Waals surface area (Å²) in [6, 6.07) is 4.57. The second-order valence-corrected chi connectivity index (χ2v) is 9.04. The van der Waals surface area contributed by atoms with Crippen molar-refractivity contribution in [2.45, 2.75) is 45.4 Å². The third-order valence-electron chi connectivity index (χ3n) is 2.90. The van der Waals surface area contributed by atoms with Gasteiger partial charge in [-0.05, 0) is 46.2 Å². The average Bonchev–Trinajstić information content (AvgIpc) is 2.63. The van der Waals surface area contributed by atoms with Crippen LogP contribution in [-0.4, -0.2) is 32.0 Å². The summed E-state index contributed by atoms with van der Waals surface area (Å²) in [5.74, 6) is 0.221. The van der Waals surface area contributed by atoms with E-state index in [4.69, 9.17) is 0 Å². The third-order valence-corrected chi connectivity index (χ3v) is 6.13. The maximum Gasteiger partial charge on any atom is 0.153 e. The molecule has 0 saturated heterocycles. The molecule has 0 radical (unpaired) electrons. The number of hydrogen-bond acceptors (Lipinski definition) is 4. The normalized spacial score (nSPS) is 14.1. The van der Waals surface area contributed by atoms with Crippen molar-refractivity contribution in [2.24, 2.45) is 0 Å². The van der Waals surface area contributed by atoms with E-state index in [-0.39, 0.29) is 11.0 Å². The Morgan fingerprint density at radius 2 is 1.94 bits per heavy atom. The number of sulfone groups is 1. The van der Waals surface area contributed by atoms with Crippen LogP contribution in [0.2, 0.25) is 0 Å². The highest BCUT2D eigenvalue weighted by atomic mass is 32.2. The molecule has 0 aliphatic carbocycles. The monoisotopic (exact) mass is 289 g/mol. The Labute approximate surface area is 115 Å². The predicted octanol–water partition coefficient (Wildman–Crippen LogP) is 2.40. The van der Waals surface area contributed by atoms with Gasteiger partial charge in [0.2, 0.25) is 0 Å². The van der Waals surface area contributed by atoms with Gasteiger partial charge in [-0.25, -0.2) is 8.42 Å². The Kier molecular flexibility index (Phi) is 5.82. The van der Waals surface area contributed by atoms with Gasteiger partial charge in [-0.15, -0.1) is 11.3 Å². The van der Waals surface area contributed by atoms with Crippen molar-refractivity contribution in [3.63, 3.8) is 0 Å². The Balaban J connectivity index is 2.32. The van der Waals surface area contributed by atoms with Crippen LogP contribution in [0.15, 0.2) is 12.1 Å². The fourth-order valence-electron chi connectivity index (χ4n) is 1.65. The summed E-state index contributed by atoms with van der Waals surface area (Å²) >= 11 is 1.80. The van der Waals surface area contributed by atoms with Crippen molar-refractivity contribution < 1.29 is 8.42 Å². The van der Waals surface area contributed by atoms with Gasteiger partial charge >= 0.3 is 0 Å². The SMILES string of the molecule is Cc1ccc(CC(C)NCCS(=O)(=O)C(C)C)s1. The second kappa shape index (κ2) is 6.68. The molecule has 1 atom stereocenters. The summed E-state index contributed by atoms with van der Waals surface area (Å²) in [6.07, 6.45) is 0.959. The second-order valence-electron chi connectivity index (χ2n) is 4.99. The number of nitrogens with one attached hydrogen (secondary N) is 1. The molecule has 0 saturated carbocycles. The van der Waals surface area contributed by atoms with Gasteiger partial charge in [-0.1, -0.05) is 0 Å². The van der Waals surface area contributed by atoms with Crippen molar-refractivity contribution in [2.75, 3.05) is 12.3 Å². The highest BCUT2D eigenvalue weighted by molar-refractivity contribution is 7.92. The van der Waals surface area contributed by atoms with Gasteiger partial charge < -0.3 is 5.32 Å². The molecule has 0 amide bonds. The minimum atomic E-state index is -2.92. The number of aryl methyl sites for hydroxylation is 1. The van der Waals surface area contributed by atoms with Gasteiger partial charge in [0.1, 0.15) is 0 Å². The summed E-state index contributed by atoms with van der Waals surface area (Å²) in [6.45, 7) is 8.19. The molecule has 104 valence electrons. The van der Waals surface area contributed by atoms with Crippen LogP contribution in [0.4, 0.5) is 0 Å². The van der Waals surface area contributed by atoms with Crippen molar-refractivity contribution >= 4 is 21.2 Å². The van der Waals surface area contributed by atoms with E-state index in [1.165, 1.54) is 9.75 Å². The molecule has 0 bridgehead atoms. The Morgan fingerprint density at radius 3 is 2.44 bits per heavy atom. The van der Waals surface area contributed by atoms with E-state index in [0.717, 1.165) is 6.42 Å². The van der Waals surface area contributed by atoms with Gasteiger partial charge in [-0.2, -0.15) is 0 Å². The maximum absolute atomic E-state index is 11.6. The van der Waals surface area contributed by atoms with Crippen molar-refractivity contribution in [3.05, 3.63) is 21.9 Å². The van der Waals surface area contributed by atoms with Gasteiger partial charge in [0, 0.05) is 22.3 Å². The highest BCUT2D eigenvalue weighted by Gasteiger charge is 2.15. The molecule has 1 rings (SSSR count). The van der Waals surface area contributed by atoms with Gasteiger partial charge in [0.25, 0.3) is 0 Å². The molecule has 18 heavy (non-hydrogen) atoms. The molecular weight excluding hydrogens is 266 g/mol. The zero-order valence-corrected chi connectivity index (χ0v) is 13.2. The Hall–Kier alpha value is -0.390. The van der Waals surface area contributed by atoms with Gasteiger partial charge in [0.05, 0.1) is 11.0 Å². The average molecular weight is 289 g/mol. The van der Waals surface area contributed by atoms with Crippen LogP contribution in [0.1, 0.15) is 30.5 Å². The van der Waals surface area contributed by atoms with E-state index in [1.807, 2.05) is 0 Å². The largest absolute Gasteiger partial charge is 0.313 e. The van der Waals surface area contributed by atoms with Crippen LogP contribution in [-0.2, 0) is 16.3 Å². The Bertz CT molecular complexity index is 463. The van der Waals surface area contributed by atoms with Gasteiger partial charge in [-0.3, -0.25) is 0 Å². The minimum absolute atomic E-state index is 0.221. The first-order valence-electron chi connectivity index (χ1n) is 6.31. The van der Waals surface area contributed by atoms with Crippen molar-refractivity contribution in [3.8, 4) is 0 Å². The lowest BCUT2D eigenvalue weighted by molar-refractivity contribution is 0.553. The molecule has 0 fully saturated rings. The fourth-order valence-corrected chi connectivity index (χ4v) is 3.54. The van der Waals surface area contributed by atoms with E-state index < -0.39 is 9.84 Å². The van der Waals surface area contributed by atoms with E-state index in [0.29, 0.717) is 12.6 Å². The van der Waals surface area contributed by atoms with Crippen LogP contribution in [0.5, 0.6) is 0 Å². The lowest BCUT2D eigenvalue weighted by Gasteiger charge is -2.14. The van der Waals surface area contributed by atoms with Gasteiger partial charge in [0.15, 0.2) is 9.84 Å². The van der Waals surface area contributed by atoms with Crippen molar-refractivity contribution in [1.82, 2.24) is 5.32 Å². The summed E-state index contributed by atoms with van der Waals surface area (Å²) in [7, 11) is -2.92. The summed E-state index contributed by atoms with van der Waals surface area (Å²) in [4.78, 5) is 2.67. The van der Waals surface area contributed by atoms with Crippen LogP contribution in [0.25, 0.3) is 0 Å². The molecule has 0 spiro atoms. The fraction of sp³-hybridized carbons (Fsp3) is 0.692. The molecule has 1 unspecified atom stereocenters.